The fraction of sp³-hybridized carbons (Fsp3) is 0.316. The first kappa shape index (κ1) is 19.1. The van der Waals surface area contributed by atoms with E-state index in [-0.39, 0.29) is 17.7 Å². The first-order chi connectivity index (χ1) is 14.0. The molecule has 0 aliphatic carbocycles. The number of benzene rings is 1. The molecule has 10 heteroatoms. The quantitative estimate of drug-likeness (QED) is 0.681. The molecule has 150 valence electrons. The highest BCUT2D eigenvalue weighted by Gasteiger charge is 2.26. The molecule has 1 aliphatic heterocycles. The Bertz CT molecular complexity index is 1060. The maximum absolute atomic E-state index is 12.7. The van der Waals surface area contributed by atoms with Crippen LogP contribution in [0.5, 0.6) is 0 Å². The summed E-state index contributed by atoms with van der Waals surface area (Å²) < 4.78 is 1.64. The Morgan fingerprint density at radius 2 is 1.93 bits per heavy atom. The molecule has 0 unspecified atom stereocenters. The molecule has 1 saturated heterocycles. The largest absolute Gasteiger partial charge is 0.355 e. The SMILES string of the molecule is CC(=O)Nc1ccc(NC(=O)C2CCN(c3ccc4nncn4n3)CC2)c(Cl)c1. The topological polar surface area (TPSA) is 105 Å². The Morgan fingerprint density at radius 3 is 2.66 bits per heavy atom. The molecule has 3 heterocycles. The van der Waals surface area contributed by atoms with Crippen LogP contribution in [0, 0.1) is 5.92 Å². The van der Waals surface area contributed by atoms with Gasteiger partial charge in [0, 0.05) is 31.6 Å². The minimum atomic E-state index is -0.178. The molecule has 3 aromatic rings. The predicted octanol–water partition coefficient (Wildman–Crippen LogP) is 2.59. The molecule has 4 rings (SSSR count). The van der Waals surface area contributed by atoms with Gasteiger partial charge in [0.2, 0.25) is 11.8 Å². The van der Waals surface area contributed by atoms with Crippen LogP contribution in [0.2, 0.25) is 5.02 Å². The normalized spacial score (nSPS) is 14.8. The van der Waals surface area contributed by atoms with Crippen molar-refractivity contribution in [3.63, 3.8) is 0 Å². The fourth-order valence-electron chi connectivity index (χ4n) is 3.39. The van der Waals surface area contributed by atoms with E-state index in [4.69, 9.17) is 11.6 Å². The van der Waals surface area contributed by atoms with Gasteiger partial charge in [-0.1, -0.05) is 11.6 Å². The lowest BCUT2D eigenvalue weighted by Crippen LogP contribution is -2.38. The third-order valence-electron chi connectivity index (χ3n) is 4.88. The van der Waals surface area contributed by atoms with E-state index in [1.165, 1.54) is 6.92 Å². The molecule has 9 nitrogen and oxygen atoms in total. The number of anilines is 3. The fourth-order valence-corrected chi connectivity index (χ4v) is 3.62. The van der Waals surface area contributed by atoms with Crippen molar-refractivity contribution in [2.24, 2.45) is 5.92 Å². The van der Waals surface area contributed by atoms with Crippen molar-refractivity contribution in [1.29, 1.82) is 0 Å². The monoisotopic (exact) mass is 413 g/mol. The zero-order chi connectivity index (χ0) is 20.4. The first-order valence-corrected chi connectivity index (χ1v) is 9.67. The molecule has 0 bridgehead atoms. The number of piperidine rings is 1. The average Bonchev–Trinajstić information content (AvgIpc) is 3.17. The van der Waals surface area contributed by atoms with E-state index >= 15 is 0 Å². The number of halogens is 1. The maximum Gasteiger partial charge on any atom is 0.227 e. The highest BCUT2D eigenvalue weighted by atomic mass is 35.5. The summed E-state index contributed by atoms with van der Waals surface area (Å²) in [5.74, 6) is 0.507. The van der Waals surface area contributed by atoms with Crippen molar-refractivity contribution < 1.29 is 9.59 Å². The Balaban J connectivity index is 1.35. The number of carbonyl (C=O) groups excluding carboxylic acids is 2. The zero-order valence-electron chi connectivity index (χ0n) is 15.8. The Labute approximate surface area is 172 Å². The van der Waals surface area contributed by atoms with Crippen LogP contribution in [0.4, 0.5) is 17.2 Å². The lowest BCUT2D eigenvalue weighted by molar-refractivity contribution is -0.120. The van der Waals surface area contributed by atoms with Gasteiger partial charge in [-0.05, 0) is 43.2 Å². The van der Waals surface area contributed by atoms with E-state index in [1.807, 2.05) is 12.1 Å². The lowest BCUT2D eigenvalue weighted by atomic mass is 9.96. The molecule has 1 aliphatic rings. The Hall–Kier alpha value is -3.20. The number of aromatic nitrogens is 4. The highest BCUT2D eigenvalue weighted by molar-refractivity contribution is 6.34. The van der Waals surface area contributed by atoms with Gasteiger partial charge in [0.25, 0.3) is 0 Å². The number of hydrogen-bond donors (Lipinski definition) is 2. The highest BCUT2D eigenvalue weighted by Crippen LogP contribution is 2.28. The van der Waals surface area contributed by atoms with Crippen LogP contribution in [0.1, 0.15) is 19.8 Å². The second-order valence-corrected chi connectivity index (χ2v) is 7.36. The number of carbonyl (C=O) groups is 2. The van der Waals surface area contributed by atoms with E-state index in [0.29, 0.717) is 22.0 Å². The second kappa shape index (κ2) is 8.04. The van der Waals surface area contributed by atoms with Gasteiger partial charge in [-0.3, -0.25) is 9.59 Å². The summed E-state index contributed by atoms with van der Waals surface area (Å²) in [5.41, 5.74) is 1.82. The molecule has 2 amide bonds. The van der Waals surface area contributed by atoms with Crippen LogP contribution < -0.4 is 15.5 Å². The number of nitrogens with zero attached hydrogens (tertiary/aromatic N) is 5. The van der Waals surface area contributed by atoms with Gasteiger partial charge in [0.05, 0.1) is 10.7 Å². The number of hydrogen-bond acceptors (Lipinski definition) is 6. The Morgan fingerprint density at radius 1 is 1.14 bits per heavy atom. The number of nitrogens with one attached hydrogen (secondary N) is 2. The summed E-state index contributed by atoms with van der Waals surface area (Å²) in [6.07, 6.45) is 3.00. The molecule has 1 fully saturated rings. The minimum Gasteiger partial charge on any atom is -0.355 e. The molecule has 2 N–H and O–H groups in total. The summed E-state index contributed by atoms with van der Waals surface area (Å²) in [4.78, 5) is 26.0. The van der Waals surface area contributed by atoms with E-state index in [9.17, 15) is 9.59 Å². The van der Waals surface area contributed by atoms with Crippen LogP contribution >= 0.6 is 11.6 Å². The maximum atomic E-state index is 12.7. The minimum absolute atomic E-state index is 0.0546. The summed E-state index contributed by atoms with van der Waals surface area (Å²) in [6.45, 7) is 2.89. The van der Waals surface area contributed by atoms with Gasteiger partial charge in [-0.25, -0.2) is 0 Å². The van der Waals surface area contributed by atoms with Crippen LogP contribution in [-0.4, -0.2) is 44.7 Å². The number of amides is 2. The van der Waals surface area contributed by atoms with Crippen LogP contribution in [0.25, 0.3) is 5.65 Å². The third kappa shape index (κ3) is 4.29. The molecule has 0 atom stereocenters. The Kier molecular flexibility index (Phi) is 5.30. The van der Waals surface area contributed by atoms with Gasteiger partial charge in [-0.15, -0.1) is 15.3 Å². The average molecular weight is 414 g/mol. The van der Waals surface area contributed by atoms with Gasteiger partial charge in [0.15, 0.2) is 5.65 Å². The second-order valence-electron chi connectivity index (χ2n) is 6.95. The standard InChI is InChI=1S/C19H20ClN7O2/c1-12(28)22-14-2-3-16(15(20)10-14)23-19(29)13-6-8-26(9-7-13)18-5-4-17-24-21-11-27(17)25-18/h2-5,10-11,13H,6-9H2,1H3,(H,22,28)(H,23,29). The van der Waals surface area contributed by atoms with Crippen LogP contribution in [-0.2, 0) is 9.59 Å². The van der Waals surface area contributed by atoms with Gasteiger partial charge >= 0.3 is 0 Å². The molecular weight excluding hydrogens is 394 g/mol. The van der Waals surface area contributed by atoms with Crippen molar-refractivity contribution in [2.75, 3.05) is 28.6 Å². The smallest absolute Gasteiger partial charge is 0.227 e. The van der Waals surface area contributed by atoms with E-state index in [1.54, 1.807) is 29.0 Å². The molecule has 0 radical (unpaired) electrons. The van der Waals surface area contributed by atoms with Crippen LogP contribution in [0.3, 0.4) is 0 Å². The van der Waals surface area contributed by atoms with E-state index in [2.05, 4.69) is 30.8 Å². The summed E-state index contributed by atoms with van der Waals surface area (Å²) in [6, 6.07) is 8.81. The predicted molar refractivity (Wildman–Crippen MR) is 110 cm³/mol. The van der Waals surface area contributed by atoms with Gasteiger partial charge in [-0.2, -0.15) is 4.52 Å². The molecule has 29 heavy (non-hydrogen) atoms. The lowest BCUT2D eigenvalue weighted by Gasteiger charge is -2.32. The summed E-state index contributed by atoms with van der Waals surface area (Å²) in [5, 5.41) is 18.2. The zero-order valence-corrected chi connectivity index (χ0v) is 16.6. The van der Waals surface area contributed by atoms with E-state index < -0.39 is 0 Å². The van der Waals surface area contributed by atoms with Crippen molar-refractivity contribution in [2.45, 2.75) is 19.8 Å². The molecule has 0 spiro atoms. The van der Waals surface area contributed by atoms with Crippen molar-refractivity contribution in [1.82, 2.24) is 19.8 Å². The van der Waals surface area contributed by atoms with Crippen molar-refractivity contribution >= 4 is 46.3 Å². The number of rotatable bonds is 4. The first-order valence-electron chi connectivity index (χ1n) is 9.29. The van der Waals surface area contributed by atoms with Gasteiger partial charge < -0.3 is 15.5 Å². The van der Waals surface area contributed by atoms with E-state index in [0.717, 1.165) is 31.7 Å². The van der Waals surface area contributed by atoms with Crippen LogP contribution in [0.15, 0.2) is 36.7 Å². The summed E-state index contributed by atoms with van der Waals surface area (Å²) >= 11 is 6.24. The molecule has 0 saturated carbocycles. The molecular formula is C19H20ClN7O2. The number of fused-ring (bicyclic) bond motifs is 1. The van der Waals surface area contributed by atoms with Crippen molar-refractivity contribution in [3.8, 4) is 0 Å². The van der Waals surface area contributed by atoms with Crippen molar-refractivity contribution in [3.05, 3.63) is 41.7 Å². The summed E-state index contributed by atoms with van der Waals surface area (Å²) in [7, 11) is 0. The third-order valence-corrected chi connectivity index (χ3v) is 5.20. The molecule has 2 aromatic heterocycles. The van der Waals surface area contributed by atoms with Gasteiger partial charge in [0.1, 0.15) is 12.1 Å². The molecule has 1 aromatic carbocycles.